The zero-order valence-electron chi connectivity index (χ0n) is 21.5. The van der Waals surface area contributed by atoms with E-state index in [-0.39, 0.29) is 33.4 Å². The molecule has 0 saturated carbocycles. The predicted octanol–water partition coefficient (Wildman–Crippen LogP) is 3.71. The number of phenolic OH excluding ortho intramolecular Hbond substituents is 1. The van der Waals surface area contributed by atoms with Crippen LogP contribution < -0.4 is 11.1 Å². The molecule has 0 atom stereocenters. The molecule has 12 nitrogen and oxygen atoms in total. The number of nitrogens with two attached hydrogens (primary N) is 1. The minimum atomic E-state index is -4.47. The maximum atomic E-state index is 12.5. The number of carbonyl (C=O) groups excluding carboxylic acids is 1. The first-order chi connectivity index (χ1) is 19.5. The average Bonchev–Trinajstić information content (AvgIpc) is 2.88. The Bertz CT molecular complexity index is 1930. The number of rotatable bonds is 8. The second-order valence-electron chi connectivity index (χ2n) is 8.83. The van der Waals surface area contributed by atoms with Crippen molar-refractivity contribution < 1.29 is 44.3 Å². The molecule has 0 heterocycles. The van der Waals surface area contributed by atoms with Crippen LogP contribution in [0.1, 0.15) is 15.9 Å². The minimum Gasteiger partial charge on any atom is -0.507 e. The molecule has 0 bridgehead atoms. The van der Waals surface area contributed by atoms with Gasteiger partial charge in [0.25, 0.3) is 26.1 Å². The van der Waals surface area contributed by atoms with Gasteiger partial charge in [0.15, 0.2) is 9.84 Å². The third kappa shape index (κ3) is 9.14. The van der Waals surface area contributed by atoms with Crippen molar-refractivity contribution in [1.29, 1.82) is 0 Å². The van der Waals surface area contributed by atoms with Crippen LogP contribution in [0.4, 0.5) is 11.4 Å². The number of benzene rings is 4. The van der Waals surface area contributed by atoms with Gasteiger partial charge in [-0.15, -0.1) is 11.6 Å². The number of aromatic hydroxyl groups is 1. The van der Waals surface area contributed by atoms with Gasteiger partial charge in [-0.05, 0) is 65.5 Å². The fourth-order valence-electron chi connectivity index (χ4n) is 3.58. The Morgan fingerprint density at radius 2 is 1.38 bits per heavy atom. The highest BCUT2D eigenvalue weighted by molar-refractivity contribution is 7.90. The van der Waals surface area contributed by atoms with E-state index in [4.69, 9.17) is 26.4 Å². The van der Waals surface area contributed by atoms with E-state index in [1.54, 1.807) is 12.1 Å². The third-order valence-electron chi connectivity index (χ3n) is 5.63. The summed E-state index contributed by atoms with van der Waals surface area (Å²) in [6.07, 6.45) is 0. The predicted molar refractivity (Wildman–Crippen MR) is 159 cm³/mol. The van der Waals surface area contributed by atoms with Gasteiger partial charge in [-0.2, -0.15) is 16.8 Å². The fourth-order valence-corrected chi connectivity index (χ4v) is 6.38. The molecule has 4 aromatic rings. The smallest absolute Gasteiger partial charge is 0.294 e. The number of hydrogen-bond donors (Lipinski definition) is 5. The van der Waals surface area contributed by atoms with Crippen LogP contribution in [0.15, 0.2) is 88.7 Å². The first-order valence-corrected chi connectivity index (χ1v) is 17.0. The summed E-state index contributed by atoms with van der Waals surface area (Å²) in [5, 5.41) is 13.4. The SMILES string of the molecule is Nc1ccc(S(=O)(=O)O)cc1.O=C(Nc1ccc2cc(S(=O)(=O)O)cc(O)c2c1)c1ccc(CS(=O)(=O)CCCl)cc1. The summed E-state index contributed by atoms with van der Waals surface area (Å²) in [5.74, 6) is -1.11. The molecule has 0 aliphatic rings. The molecular formula is C26H25ClN2O10S3. The van der Waals surface area contributed by atoms with Gasteiger partial charge in [0, 0.05) is 34.3 Å². The van der Waals surface area contributed by atoms with Crippen LogP contribution in [0.3, 0.4) is 0 Å². The Morgan fingerprint density at radius 3 is 1.93 bits per heavy atom. The van der Waals surface area contributed by atoms with Crippen LogP contribution in [-0.2, 0) is 35.8 Å². The van der Waals surface area contributed by atoms with Crippen LogP contribution in [0, 0.1) is 0 Å². The van der Waals surface area contributed by atoms with Crippen LogP contribution in [0.5, 0.6) is 5.75 Å². The minimum absolute atomic E-state index is 0.0151. The van der Waals surface area contributed by atoms with E-state index in [0.29, 0.717) is 27.9 Å². The van der Waals surface area contributed by atoms with Gasteiger partial charge in [0.05, 0.1) is 21.3 Å². The van der Waals surface area contributed by atoms with Crippen molar-refractivity contribution in [3.05, 3.63) is 90.0 Å². The third-order valence-corrected chi connectivity index (χ3v) is 9.34. The molecule has 16 heteroatoms. The Morgan fingerprint density at radius 1 is 0.786 bits per heavy atom. The highest BCUT2D eigenvalue weighted by Crippen LogP contribution is 2.31. The Hall–Kier alpha value is -3.73. The number of alkyl halides is 1. The van der Waals surface area contributed by atoms with Crippen molar-refractivity contribution in [2.24, 2.45) is 0 Å². The van der Waals surface area contributed by atoms with Crippen molar-refractivity contribution in [3.63, 3.8) is 0 Å². The second kappa shape index (κ2) is 13.1. The van der Waals surface area contributed by atoms with Crippen LogP contribution in [0.25, 0.3) is 10.8 Å². The van der Waals surface area contributed by atoms with Crippen molar-refractivity contribution in [3.8, 4) is 5.75 Å². The molecular weight excluding hydrogens is 632 g/mol. The molecule has 1 amide bonds. The lowest BCUT2D eigenvalue weighted by Gasteiger charge is -2.09. The second-order valence-corrected chi connectivity index (χ2v) is 14.2. The van der Waals surface area contributed by atoms with E-state index in [1.807, 2.05) is 0 Å². The van der Waals surface area contributed by atoms with Gasteiger partial charge in [0.2, 0.25) is 0 Å². The number of anilines is 2. The highest BCUT2D eigenvalue weighted by atomic mass is 35.5. The molecule has 4 aromatic carbocycles. The number of carbonyl (C=O) groups is 1. The molecule has 42 heavy (non-hydrogen) atoms. The van der Waals surface area contributed by atoms with Crippen molar-refractivity contribution >= 4 is 69.7 Å². The molecule has 0 aromatic heterocycles. The Balaban J connectivity index is 0.000000369. The van der Waals surface area contributed by atoms with Crippen LogP contribution in [-0.4, -0.2) is 57.0 Å². The summed E-state index contributed by atoms with van der Waals surface area (Å²) in [6, 6.07) is 18.0. The molecule has 0 spiro atoms. The lowest BCUT2D eigenvalue weighted by molar-refractivity contribution is 0.102. The maximum Gasteiger partial charge on any atom is 0.294 e. The van der Waals surface area contributed by atoms with Gasteiger partial charge in [-0.25, -0.2) is 8.42 Å². The molecule has 0 aliphatic carbocycles. The number of hydrogen-bond acceptors (Lipinski definition) is 9. The molecule has 0 aliphatic heterocycles. The van der Waals surface area contributed by atoms with E-state index < -0.39 is 40.9 Å². The lowest BCUT2D eigenvalue weighted by atomic mass is 10.1. The van der Waals surface area contributed by atoms with Gasteiger partial charge >= 0.3 is 0 Å². The van der Waals surface area contributed by atoms with Crippen LogP contribution in [0.2, 0.25) is 0 Å². The highest BCUT2D eigenvalue weighted by Gasteiger charge is 2.15. The first kappa shape index (κ1) is 32.8. The molecule has 0 radical (unpaired) electrons. The molecule has 4 rings (SSSR count). The topological polar surface area (TPSA) is 218 Å². The number of amides is 1. The Labute approximate surface area is 247 Å². The maximum absolute atomic E-state index is 12.5. The zero-order chi connectivity index (χ0) is 31.3. The summed E-state index contributed by atoms with van der Waals surface area (Å²) in [5.41, 5.74) is 6.93. The van der Waals surface area contributed by atoms with E-state index >= 15 is 0 Å². The number of sulfone groups is 1. The summed E-state index contributed by atoms with van der Waals surface area (Å²) >= 11 is 5.48. The summed E-state index contributed by atoms with van der Waals surface area (Å²) in [7, 11) is -11.9. The molecule has 0 saturated heterocycles. The molecule has 0 fully saturated rings. The van der Waals surface area contributed by atoms with E-state index in [9.17, 15) is 35.2 Å². The summed E-state index contributed by atoms with van der Waals surface area (Å²) in [6.45, 7) is 0. The standard InChI is InChI=1S/C20H18ClNO7S2.C6H7NO3S/c21-7-8-30(25,26)12-13-1-3-14(4-2-13)20(24)22-16-6-5-15-9-17(31(27,28)29)11-19(23)18(15)10-16;7-5-1-3-6(4-2-5)11(8,9)10/h1-6,9-11,23H,7-8,12H2,(H,22,24)(H,27,28,29);1-4H,7H2,(H,8,9,10). The quantitative estimate of drug-likeness (QED) is 0.105. The van der Waals surface area contributed by atoms with E-state index in [1.165, 1.54) is 60.7 Å². The van der Waals surface area contributed by atoms with Gasteiger partial charge in [-0.3, -0.25) is 13.9 Å². The average molecular weight is 657 g/mol. The van der Waals surface area contributed by atoms with Crippen molar-refractivity contribution in [1.82, 2.24) is 0 Å². The monoisotopic (exact) mass is 656 g/mol. The molecule has 224 valence electrons. The largest absolute Gasteiger partial charge is 0.507 e. The normalized spacial score (nSPS) is 11.9. The van der Waals surface area contributed by atoms with Gasteiger partial charge in [-0.1, -0.05) is 18.2 Å². The van der Waals surface area contributed by atoms with E-state index in [0.717, 1.165) is 6.07 Å². The van der Waals surface area contributed by atoms with Crippen molar-refractivity contribution in [2.45, 2.75) is 15.5 Å². The van der Waals surface area contributed by atoms with Crippen molar-refractivity contribution in [2.75, 3.05) is 22.7 Å². The van der Waals surface area contributed by atoms with Gasteiger partial charge < -0.3 is 16.2 Å². The number of fused-ring (bicyclic) bond motifs is 1. The lowest BCUT2D eigenvalue weighted by Crippen LogP contribution is -2.13. The number of phenols is 1. The summed E-state index contributed by atoms with van der Waals surface area (Å²) < 4.78 is 84.8. The molecule has 0 unspecified atom stereocenters. The number of nitrogens with one attached hydrogen (secondary N) is 1. The van der Waals surface area contributed by atoms with E-state index in [2.05, 4.69) is 5.32 Å². The molecule has 6 N–H and O–H groups in total. The number of halogens is 1. The van der Waals surface area contributed by atoms with Crippen LogP contribution >= 0.6 is 11.6 Å². The van der Waals surface area contributed by atoms with Gasteiger partial charge in [0.1, 0.15) is 5.75 Å². The Kier molecular flexibility index (Phi) is 10.2. The number of nitrogen functional groups attached to an aromatic ring is 1. The zero-order valence-corrected chi connectivity index (χ0v) is 24.7. The first-order valence-electron chi connectivity index (χ1n) is 11.7. The fraction of sp³-hybridized carbons (Fsp3) is 0.115. The summed E-state index contributed by atoms with van der Waals surface area (Å²) in [4.78, 5) is 11.9.